The molecule has 0 saturated carbocycles. The first-order valence-electron chi connectivity index (χ1n) is 13.5. The highest BCUT2D eigenvalue weighted by Crippen LogP contribution is 2.32. The summed E-state index contributed by atoms with van der Waals surface area (Å²) in [7, 11) is 0. The van der Waals surface area contributed by atoms with Crippen LogP contribution in [0.2, 0.25) is 0 Å². The molecule has 0 N–H and O–H groups in total. The molecule has 0 aromatic carbocycles. The van der Waals surface area contributed by atoms with Crippen LogP contribution >= 0.6 is 24.0 Å². The van der Waals surface area contributed by atoms with Crippen LogP contribution in [0.15, 0.2) is 39.4 Å². The molecule has 0 spiro atoms. The second-order valence-electron chi connectivity index (χ2n) is 9.19. The van der Waals surface area contributed by atoms with Crippen molar-refractivity contribution in [3.8, 4) is 16.5 Å². The van der Waals surface area contributed by atoms with Crippen molar-refractivity contribution in [2.75, 3.05) is 19.4 Å². The highest BCUT2D eigenvalue weighted by molar-refractivity contribution is 7.79. The van der Waals surface area contributed by atoms with Gasteiger partial charge in [-0.1, -0.05) is 27.7 Å². The van der Waals surface area contributed by atoms with E-state index in [4.69, 9.17) is 9.26 Å². The number of rotatable bonds is 9. The van der Waals surface area contributed by atoms with Gasteiger partial charge < -0.3 is 14.2 Å². The molecule has 3 aromatic heterocycles. The average molecular weight is 602 g/mol. The van der Waals surface area contributed by atoms with Gasteiger partial charge >= 0.3 is 0 Å². The lowest BCUT2D eigenvalue weighted by atomic mass is 9.91. The number of aldehydes is 1. The van der Waals surface area contributed by atoms with Crippen LogP contribution < -0.4 is 4.74 Å². The summed E-state index contributed by atoms with van der Waals surface area (Å²) in [4.78, 5) is 53.0. The standard InChI is InChI=1S/C26H29N5O5S.C2H6.CH4S/c1-15(2)23(21-12-22(30-36-21)35-11-10-32)26(34)31-9-5-6-20(31)25(33)29-16(3)18-7-8-19(27-13-18)24-17(4)28-14-37-24;2*1-2/h7-8,10,12-15,20,23H,5-6,9,11H2,1-4H3;1-2H3;2H,1H3. The molecule has 2 atom stereocenters. The third-order valence-electron chi connectivity index (χ3n) is 6.30. The van der Waals surface area contributed by atoms with Crippen LogP contribution in [0.1, 0.15) is 70.4 Å². The topological polar surface area (TPSA) is 128 Å². The molecule has 222 valence electrons. The van der Waals surface area contributed by atoms with Gasteiger partial charge in [-0.3, -0.25) is 19.4 Å². The third kappa shape index (κ3) is 8.56. The molecule has 4 heterocycles. The lowest BCUT2D eigenvalue weighted by Crippen LogP contribution is -2.43. The lowest BCUT2D eigenvalue weighted by molar-refractivity contribution is -0.139. The molecule has 12 heteroatoms. The highest BCUT2D eigenvalue weighted by atomic mass is 32.1. The fourth-order valence-electron chi connectivity index (χ4n) is 4.40. The fourth-order valence-corrected chi connectivity index (χ4v) is 5.18. The number of carbonyl (C=O) groups excluding carboxylic acids is 3. The molecular weight excluding hydrogens is 562 g/mol. The number of pyridine rings is 1. The molecule has 1 aliphatic rings. The van der Waals surface area contributed by atoms with Gasteiger partial charge in [0.05, 0.1) is 21.8 Å². The zero-order valence-corrected chi connectivity index (χ0v) is 26.4. The van der Waals surface area contributed by atoms with Crippen LogP contribution in [0.25, 0.3) is 10.6 Å². The van der Waals surface area contributed by atoms with Gasteiger partial charge in [0.2, 0.25) is 5.91 Å². The summed E-state index contributed by atoms with van der Waals surface area (Å²) in [6.45, 7) is 11.8. The molecule has 1 saturated heterocycles. The minimum Gasteiger partial charge on any atom is -0.468 e. The van der Waals surface area contributed by atoms with E-state index >= 15 is 0 Å². The second kappa shape index (κ2) is 16.8. The molecular formula is C29H39N5O5S2. The van der Waals surface area contributed by atoms with Crippen molar-refractivity contribution in [1.29, 1.82) is 0 Å². The fraction of sp³-hybridized carbons (Fsp3) is 0.483. The van der Waals surface area contributed by atoms with E-state index in [0.29, 0.717) is 37.1 Å². The highest BCUT2D eigenvalue weighted by Gasteiger charge is 2.40. The van der Waals surface area contributed by atoms with Crippen LogP contribution in [0.4, 0.5) is 0 Å². The van der Waals surface area contributed by atoms with Crippen molar-refractivity contribution in [3.63, 3.8) is 0 Å². The van der Waals surface area contributed by atoms with Crippen molar-refractivity contribution in [3.05, 3.63) is 46.9 Å². The van der Waals surface area contributed by atoms with E-state index in [9.17, 15) is 14.4 Å². The van der Waals surface area contributed by atoms with Crippen LogP contribution in [0, 0.1) is 12.8 Å². The Morgan fingerprint density at radius 1 is 1.27 bits per heavy atom. The van der Waals surface area contributed by atoms with E-state index in [0.717, 1.165) is 21.8 Å². The number of thiol groups is 1. The Labute approximate surface area is 251 Å². The summed E-state index contributed by atoms with van der Waals surface area (Å²) < 4.78 is 10.5. The molecule has 0 aliphatic carbocycles. The molecule has 41 heavy (non-hydrogen) atoms. The van der Waals surface area contributed by atoms with Crippen LogP contribution in [0.3, 0.4) is 0 Å². The Bertz CT molecular complexity index is 1300. The van der Waals surface area contributed by atoms with Crippen molar-refractivity contribution in [2.45, 2.75) is 66.3 Å². The summed E-state index contributed by atoms with van der Waals surface area (Å²) >= 11 is 5.06. The van der Waals surface area contributed by atoms with Crippen molar-refractivity contribution in [1.82, 2.24) is 20.0 Å². The maximum atomic E-state index is 13.6. The molecule has 1 aliphatic heterocycles. The minimum absolute atomic E-state index is 0.118. The molecule has 0 bridgehead atoms. The van der Waals surface area contributed by atoms with Crippen molar-refractivity contribution in [2.24, 2.45) is 10.9 Å². The van der Waals surface area contributed by atoms with Gasteiger partial charge in [-0.25, -0.2) is 9.98 Å². The second-order valence-corrected chi connectivity index (χ2v) is 10.0. The van der Waals surface area contributed by atoms with Crippen LogP contribution in [-0.4, -0.2) is 69.3 Å². The number of nitrogens with zero attached hydrogens (tertiary/aromatic N) is 5. The molecule has 2 amide bonds. The molecule has 2 unspecified atom stereocenters. The van der Waals surface area contributed by atoms with Gasteiger partial charge in [0.1, 0.15) is 18.6 Å². The van der Waals surface area contributed by atoms with Crippen molar-refractivity contribution < 1.29 is 23.6 Å². The number of likely N-dealkylation sites (tertiary alicyclic amines) is 1. The average Bonchev–Trinajstić information content (AvgIpc) is 3.75. The Kier molecular flexibility index (Phi) is 13.8. The van der Waals surface area contributed by atoms with E-state index in [1.54, 1.807) is 29.8 Å². The predicted molar refractivity (Wildman–Crippen MR) is 164 cm³/mol. The quantitative estimate of drug-likeness (QED) is 0.196. The normalized spacial score (nSPS) is 15.4. The first kappa shape index (κ1) is 33.8. The number of hydrogen-bond donors (Lipinski definition) is 1. The summed E-state index contributed by atoms with van der Waals surface area (Å²) in [5, 5.41) is 3.80. The number of aliphatic imine (C=N–C) groups is 1. The zero-order valence-electron chi connectivity index (χ0n) is 24.7. The van der Waals surface area contributed by atoms with E-state index in [2.05, 4.69) is 32.7 Å². The Morgan fingerprint density at radius 3 is 2.59 bits per heavy atom. The maximum absolute atomic E-state index is 13.6. The third-order valence-corrected chi connectivity index (χ3v) is 7.25. The van der Waals surface area contributed by atoms with E-state index in [1.807, 2.05) is 46.8 Å². The largest absolute Gasteiger partial charge is 0.468 e. The van der Waals surface area contributed by atoms with Gasteiger partial charge in [-0.2, -0.15) is 12.6 Å². The summed E-state index contributed by atoms with van der Waals surface area (Å²) in [6, 6.07) is 4.65. The SMILES string of the molecule is CC.CC(=NC(=O)C1CCCN1C(=O)C(c1cc(OCC=O)no1)C(C)C)c1ccc(-c2scnc2C)nc1.CS. The van der Waals surface area contributed by atoms with Crippen LogP contribution in [-0.2, 0) is 14.4 Å². The van der Waals surface area contributed by atoms with Gasteiger partial charge in [0.25, 0.3) is 11.8 Å². The number of amides is 2. The van der Waals surface area contributed by atoms with E-state index in [1.165, 1.54) is 17.4 Å². The monoisotopic (exact) mass is 601 g/mol. The summed E-state index contributed by atoms with van der Waals surface area (Å²) in [6.07, 6.45) is 5.24. The van der Waals surface area contributed by atoms with Crippen molar-refractivity contribution >= 4 is 47.8 Å². The number of carbonyl (C=O) groups is 3. The molecule has 10 nitrogen and oxygen atoms in total. The van der Waals surface area contributed by atoms with E-state index in [-0.39, 0.29) is 30.2 Å². The molecule has 1 fully saturated rings. The minimum atomic E-state index is -0.649. The van der Waals surface area contributed by atoms with Crippen LogP contribution in [0.5, 0.6) is 5.88 Å². The van der Waals surface area contributed by atoms with Gasteiger partial charge in [-0.15, -0.1) is 11.3 Å². The van der Waals surface area contributed by atoms with Gasteiger partial charge in [-0.05, 0) is 56.2 Å². The molecule has 0 radical (unpaired) electrons. The molecule has 3 aromatic rings. The number of thiazole rings is 1. The Balaban J connectivity index is 0.00000141. The number of aromatic nitrogens is 3. The van der Waals surface area contributed by atoms with Gasteiger partial charge in [0, 0.05) is 30.1 Å². The molecule has 4 rings (SSSR count). The summed E-state index contributed by atoms with van der Waals surface area (Å²) in [5.41, 5.74) is 4.80. The van der Waals surface area contributed by atoms with Gasteiger partial charge in [0.15, 0.2) is 12.0 Å². The Hall–Kier alpha value is -3.38. The lowest BCUT2D eigenvalue weighted by Gasteiger charge is -2.28. The zero-order chi connectivity index (χ0) is 30.5. The number of ether oxygens (including phenoxy) is 1. The first-order valence-corrected chi connectivity index (χ1v) is 15.3. The van der Waals surface area contributed by atoms with E-state index < -0.39 is 12.0 Å². The number of aryl methyl sites for hydroxylation is 1. The number of hydrogen-bond acceptors (Lipinski definition) is 10. The first-order chi connectivity index (χ1) is 19.8. The smallest absolute Gasteiger partial charge is 0.268 e. The summed E-state index contributed by atoms with van der Waals surface area (Å²) in [5.74, 6) is -0.872. The Morgan fingerprint density at radius 2 is 2.00 bits per heavy atom. The maximum Gasteiger partial charge on any atom is 0.268 e. The predicted octanol–water partition coefficient (Wildman–Crippen LogP) is 5.42.